The van der Waals surface area contributed by atoms with Gasteiger partial charge in [-0.2, -0.15) is 0 Å². The number of thiazole rings is 1. The molecule has 158 valence electrons. The number of anilines is 1. The predicted molar refractivity (Wildman–Crippen MR) is 125 cm³/mol. The summed E-state index contributed by atoms with van der Waals surface area (Å²) in [6, 6.07) is 9.15. The van der Waals surface area contributed by atoms with E-state index in [1.54, 1.807) is 17.0 Å². The van der Waals surface area contributed by atoms with Crippen LogP contribution >= 0.6 is 22.7 Å². The number of rotatable bonds is 9. The van der Waals surface area contributed by atoms with Crippen LogP contribution in [-0.4, -0.2) is 46.9 Å². The number of thiophene rings is 1. The number of hydrogen-bond donors (Lipinski definition) is 0. The second-order valence-corrected chi connectivity index (χ2v) is 8.85. The normalized spacial score (nSPS) is 11.6. The lowest BCUT2D eigenvalue weighted by molar-refractivity contribution is -0.380. The first-order chi connectivity index (χ1) is 14.4. The van der Waals surface area contributed by atoms with Gasteiger partial charge in [0.2, 0.25) is 0 Å². The van der Waals surface area contributed by atoms with E-state index in [1.807, 2.05) is 19.1 Å². The van der Waals surface area contributed by atoms with Crippen LogP contribution in [0.15, 0.2) is 36.4 Å². The quantitative estimate of drug-likeness (QED) is 0.265. The first-order valence-corrected chi connectivity index (χ1v) is 11.4. The molecule has 1 aromatic carbocycles. The van der Waals surface area contributed by atoms with Gasteiger partial charge in [0.1, 0.15) is 0 Å². The molecule has 30 heavy (non-hydrogen) atoms. The Hall–Kier alpha value is -2.62. The summed E-state index contributed by atoms with van der Waals surface area (Å²) in [4.78, 5) is 32.8. The molecule has 3 rings (SSSR count). The summed E-state index contributed by atoms with van der Waals surface area (Å²) in [6.45, 7) is 9.31. The highest BCUT2D eigenvalue weighted by molar-refractivity contribution is 7.22. The maximum Gasteiger partial charge on any atom is 0.324 e. The second-order valence-electron chi connectivity index (χ2n) is 6.75. The smallest absolute Gasteiger partial charge is 0.302 e. The number of carbonyl (C=O) groups is 1. The molecule has 2 aromatic heterocycles. The number of nitrogens with zero attached hydrogens (tertiary/aromatic N) is 4. The molecule has 0 aliphatic carbocycles. The van der Waals surface area contributed by atoms with Gasteiger partial charge in [-0.1, -0.05) is 42.6 Å². The molecule has 0 fully saturated rings. The van der Waals surface area contributed by atoms with E-state index in [1.165, 1.54) is 23.5 Å². The van der Waals surface area contributed by atoms with Gasteiger partial charge in [0, 0.05) is 30.1 Å². The summed E-state index contributed by atoms with van der Waals surface area (Å²) in [6.07, 6.45) is 3.09. The Morgan fingerprint density at radius 1 is 1.17 bits per heavy atom. The van der Waals surface area contributed by atoms with Gasteiger partial charge in [0.25, 0.3) is 5.91 Å². The lowest BCUT2D eigenvalue weighted by Gasteiger charge is -2.23. The molecule has 0 N–H and O–H groups in total. The number of benzene rings is 1. The van der Waals surface area contributed by atoms with Crippen molar-refractivity contribution in [3.8, 4) is 0 Å². The van der Waals surface area contributed by atoms with Crippen molar-refractivity contribution in [1.29, 1.82) is 0 Å². The van der Waals surface area contributed by atoms with E-state index >= 15 is 0 Å². The Kier molecular flexibility index (Phi) is 7.30. The molecule has 3 aromatic rings. The Bertz CT molecular complexity index is 1070. The lowest BCUT2D eigenvalue weighted by atomic mass is 10.2. The Balaban J connectivity index is 1.85. The summed E-state index contributed by atoms with van der Waals surface area (Å²) >= 11 is 2.54. The summed E-state index contributed by atoms with van der Waals surface area (Å²) < 4.78 is 1.04. The highest BCUT2D eigenvalue weighted by Gasteiger charge is 2.19. The number of nitro groups is 1. The Morgan fingerprint density at radius 2 is 1.93 bits per heavy atom. The molecular formula is C21H24N4O3S2. The van der Waals surface area contributed by atoms with Crippen molar-refractivity contribution in [3.05, 3.63) is 57.0 Å². The van der Waals surface area contributed by atoms with Crippen LogP contribution in [0.2, 0.25) is 0 Å². The van der Waals surface area contributed by atoms with Crippen LogP contribution in [0.5, 0.6) is 0 Å². The topological polar surface area (TPSA) is 79.6 Å². The zero-order valence-corrected chi connectivity index (χ0v) is 18.8. The summed E-state index contributed by atoms with van der Waals surface area (Å²) in [5.74, 6) is -0.186. The highest BCUT2D eigenvalue weighted by atomic mass is 32.1. The number of likely N-dealkylation sites (N-methyl/N-ethyl adjacent to an activating group) is 1. The Labute approximate surface area is 183 Å². The van der Waals surface area contributed by atoms with Crippen LogP contribution in [-0.2, 0) is 4.79 Å². The molecule has 1 amide bonds. The SMILES string of the molecule is CCN(CC)CCN(C(=O)C=Cc1ccc([N+](=O)[O-])s1)c1nc2ccc(C)cc2s1. The molecule has 2 heterocycles. The third-order valence-corrected chi connectivity index (χ3v) is 6.79. The fraction of sp³-hybridized carbons (Fsp3) is 0.333. The fourth-order valence-electron chi connectivity index (χ4n) is 2.99. The number of aromatic nitrogens is 1. The monoisotopic (exact) mass is 444 g/mol. The molecule has 9 heteroatoms. The molecule has 0 saturated heterocycles. The summed E-state index contributed by atoms with van der Waals surface area (Å²) in [5.41, 5.74) is 2.03. The van der Waals surface area contributed by atoms with Crippen LogP contribution < -0.4 is 4.90 Å². The zero-order valence-electron chi connectivity index (χ0n) is 17.2. The van der Waals surface area contributed by atoms with Crippen molar-refractivity contribution in [2.24, 2.45) is 0 Å². The molecular weight excluding hydrogens is 420 g/mol. The molecule has 0 unspecified atom stereocenters. The summed E-state index contributed by atoms with van der Waals surface area (Å²) in [5, 5.41) is 11.6. The number of aryl methyl sites for hydroxylation is 1. The van der Waals surface area contributed by atoms with Gasteiger partial charge in [-0.3, -0.25) is 19.8 Å². The molecule has 0 bridgehead atoms. The standard InChI is InChI=1S/C21H24N4O3S2/c1-4-23(5-2)12-13-24(21-22-17-9-6-15(3)14-18(17)30-21)19(26)10-7-16-8-11-20(29-16)25(27)28/h6-11,14H,4-5,12-13H2,1-3H3. The van der Waals surface area contributed by atoms with E-state index < -0.39 is 4.92 Å². The van der Waals surface area contributed by atoms with Gasteiger partial charge in [-0.15, -0.1) is 0 Å². The van der Waals surface area contributed by atoms with Crippen molar-refractivity contribution in [2.75, 3.05) is 31.1 Å². The van der Waals surface area contributed by atoms with Gasteiger partial charge < -0.3 is 4.90 Å². The van der Waals surface area contributed by atoms with Gasteiger partial charge in [0.15, 0.2) is 5.13 Å². The summed E-state index contributed by atoms with van der Waals surface area (Å²) in [7, 11) is 0. The van der Waals surface area contributed by atoms with E-state index in [9.17, 15) is 14.9 Å². The molecule has 0 atom stereocenters. The number of hydrogen-bond acceptors (Lipinski definition) is 7. The number of carbonyl (C=O) groups excluding carboxylic acids is 1. The third kappa shape index (κ3) is 5.29. The van der Waals surface area contributed by atoms with Gasteiger partial charge in [-0.25, -0.2) is 4.98 Å². The minimum atomic E-state index is -0.427. The molecule has 0 aliphatic rings. The Morgan fingerprint density at radius 3 is 2.60 bits per heavy atom. The lowest BCUT2D eigenvalue weighted by Crippen LogP contribution is -2.38. The van der Waals surface area contributed by atoms with Crippen molar-refractivity contribution < 1.29 is 9.72 Å². The van der Waals surface area contributed by atoms with Gasteiger partial charge in [0.05, 0.1) is 15.1 Å². The van der Waals surface area contributed by atoms with E-state index in [0.717, 1.165) is 46.8 Å². The maximum absolute atomic E-state index is 13.0. The van der Waals surface area contributed by atoms with E-state index in [2.05, 4.69) is 29.8 Å². The fourth-order valence-corrected chi connectivity index (χ4v) is 4.81. The number of fused-ring (bicyclic) bond motifs is 1. The molecule has 0 spiro atoms. The van der Waals surface area contributed by atoms with Crippen molar-refractivity contribution >= 4 is 55.0 Å². The van der Waals surface area contributed by atoms with Crippen LogP contribution in [0.3, 0.4) is 0 Å². The first-order valence-electron chi connectivity index (χ1n) is 9.74. The first kappa shape index (κ1) is 22.1. The minimum Gasteiger partial charge on any atom is -0.302 e. The minimum absolute atomic E-state index is 0.0574. The van der Waals surface area contributed by atoms with Crippen molar-refractivity contribution in [2.45, 2.75) is 20.8 Å². The van der Waals surface area contributed by atoms with Crippen LogP contribution in [0, 0.1) is 17.0 Å². The maximum atomic E-state index is 13.0. The van der Waals surface area contributed by atoms with Crippen LogP contribution in [0.4, 0.5) is 10.1 Å². The van der Waals surface area contributed by atoms with Crippen LogP contribution in [0.25, 0.3) is 16.3 Å². The predicted octanol–water partition coefficient (Wildman–Crippen LogP) is 4.96. The highest BCUT2D eigenvalue weighted by Crippen LogP contribution is 2.30. The van der Waals surface area contributed by atoms with E-state index in [4.69, 9.17) is 0 Å². The average molecular weight is 445 g/mol. The zero-order chi connectivity index (χ0) is 21.7. The van der Waals surface area contributed by atoms with Gasteiger partial charge in [-0.05, 0) is 49.9 Å². The largest absolute Gasteiger partial charge is 0.324 e. The van der Waals surface area contributed by atoms with Gasteiger partial charge >= 0.3 is 5.00 Å². The second kappa shape index (κ2) is 9.92. The van der Waals surface area contributed by atoms with E-state index in [-0.39, 0.29) is 10.9 Å². The van der Waals surface area contributed by atoms with Crippen molar-refractivity contribution in [1.82, 2.24) is 9.88 Å². The molecule has 0 aliphatic heterocycles. The molecule has 0 radical (unpaired) electrons. The van der Waals surface area contributed by atoms with E-state index in [0.29, 0.717) is 16.6 Å². The van der Waals surface area contributed by atoms with Crippen molar-refractivity contribution in [3.63, 3.8) is 0 Å². The molecule has 0 saturated carbocycles. The number of amides is 1. The van der Waals surface area contributed by atoms with Crippen LogP contribution in [0.1, 0.15) is 24.3 Å². The molecule has 7 nitrogen and oxygen atoms in total. The third-order valence-electron chi connectivity index (χ3n) is 4.75. The average Bonchev–Trinajstić information content (AvgIpc) is 3.36.